The molecular formula is C11H7ClF2N2. The molecule has 0 aliphatic heterocycles. The average Bonchev–Trinajstić information content (AvgIpc) is 2.14. The van der Waals surface area contributed by atoms with Crippen molar-refractivity contribution in [2.24, 2.45) is 0 Å². The minimum absolute atomic E-state index is 0.211. The molecule has 0 unspecified atom stereocenters. The summed E-state index contributed by atoms with van der Waals surface area (Å²) in [7, 11) is 0. The zero-order chi connectivity index (χ0) is 11.7. The van der Waals surface area contributed by atoms with Gasteiger partial charge in [0.25, 0.3) is 0 Å². The predicted molar refractivity (Wildman–Crippen MR) is 57.1 cm³/mol. The van der Waals surface area contributed by atoms with Gasteiger partial charge in [0, 0.05) is 17.3 Å². The van der Waals surface area contributed by atoms with Crippen molar-refractivity contribution in [3.05, 3.63) is 46.7 Å². The number of hydrogen-bond acceptors (Lipinski definition) is 2. The average molecular weight is 241 g/mol. The van der Waals surface area contributed by atoms with Crippen molar-refractivity contribution in [2.45, 2.75) is 6.92 Å². The van der Waals surface area contributed by atoms with Gasteiger partial charge in [0.15, 0.2) is 5.82 Å². The third-order valence-electron chi connectivity index (χ3n) is 1.94. The largest absolute Gasteiger partial charge is 0.233 e. The van der Waals surface area contributed by atoms with E-state index in [-0.39, 0.29) is 16.5 Å². The van der Waals surface area contributed by atoms with Gasteiger partial charge in [-0.25, -0.2) is 18.7 Å². The van der Waals surface area contributed by atoms with Crippen LogP contribution in [-0.2, 0) is 0 Å². The molecule has 82 valence electrons. The molecule has 0 radical (unpaired) electrons. The molecule has 0 N–H and O–H groups in total. The Morgan fingerprint density at radius 1 is 1.00 bits per heavy atom. The highest BCUT2D eigenvalue weighted by Gasteiger charge is 2.07. The van der Waals surface area contributed by atoms with Crippen molar-refractivity contribution < 1.29 is 8.78 Å². The number of benzene rings is 1. The Bertz CT molecular complexity index is 454. The van der Waals surface area contributed by atoms with Crippen LogP contribution in [0.3, 0.4) is 0 Å². The number of aryl methyl sites for hydroxylation is 1. The Morgan fingerprint density at radius 3 is 2.19 bits per heavy atom. The summed E-state index contributed by atoms with van der Waals surface area (Å²) in [6, 6.07) is 4.68. The maximum Gasteiger partial charge on any atom is 0.161 e. The molecule has 0 aliphatic carbocycles. The van der Waals surface area contributed by atoms with E-state index in [4.69, 9.17) is 11.6 Å². The quantitative estimate of drug-likeness (QED) is 0.714. The van der Waals surface area contributed by atoms with Crippen LogP contribution in [-0.4, -0.2) is 9.97 Å². The first kappa shape index (κ1) is 11.0. The maximum atomic E-state index is 13.0. The Kier molecular flexibility index (Phi) is 2.83. The van der Waals surface area contributed by atoms with Gasteiger partial charge in [-0.05, 0) is 25.1 Å². The fourth-order valence-corrected chi connectivity index (χ4v) is 1.58. The van der Waals surface area contributed by atoms with Crippen LogP contribution in [0.5, 0.6) is 0 Å². The van der Waals surface area contributed by atoms with E-state index in [1.54, 1.807) is 13.0 Å². The van der Waals surface area contributed by atoms with Crippen LogP contribution in [0.15, 0.2) is 24.3 Å². The summed E-state index contributed by atoms with van der Waals surface area (Å²) >= 11 is 5.74. The lowest BCUT2D eigenvalue weighted by molar-refractivity contribution is 0.584. The molecule has 1 aromatic heterocycles. The third-order valence-corrected chi connectivity index (χ3v) is 2.14. The number of aromatic nitrogens is 2. The molecule has 5 heteroatoms. The molecule has 0 atom stereocenters. The number of hydrogen-bond donors (Lipinski definition) is 0. The van der Waals surface area contributed by atoms with E-state index >= 15 is 0 Å². The minimum Gasteiger partial charge on any atom is -0.233 e. The van der Waals surface area contributed by atoms with Gasteiger partial charge in [0.2, 0.25) is 0 Å². The highest BCUT2D eigenvalue weighted by molar-refractivity contribution is 6.29. The molecule has 0 saturated carbocycles. The zero-order valence-corrected chi connectivity index (χ0v) is 9.09. The Morgan fingerprint density at radius 2 is 1.62 bits per heavy atom. The first-order valence-electron chi connectivity index (χ1n) is 4.52. The Balaban J connectivity index is 2.57. The predicted octanol–water partition coefficient (Wildman–Crippen LogP) is 3.38. The van der Waals surface area contributed by atoms with Crippen LogP contribution >= 0.6 is 11.6 Å². The second kappa shape index (κ2) is 4.14. The smallest absolute Gasteiger partial charge is 0.161 e. The molecule has 2 aromatic rings. The van der Waals surface area contributed by atoms with E-state index in [0.717, 1.165) is 18.2 Å². The van der Waals surface area contributed by atoms with Crippen molar-refractivity contribution in [3.8, 4) is 11.4 Å². The second-order valence-corrected chi connectivity index (χ2v) is 3.70. The third kappa shape index (κ3) is 2.33. The maximum absolute atomic E-state index is 13.0. The topological polar surface area (TPSA) is 25.8 Å². The van der Waals surface area contributed by atoms with Crippen LogP contribution in [0.2, 0.25) is 5.15 Å². The van der Waals surface area contributed by atoms with E-state index in [0.29, 0.717) is 5.69 Å². The van der Waals surface area contributed by atoms with Crippen LogP contribution in [0.25, 0.3) is 11.4 Å². The molecular weight excluding hydrogens is 234 g/mol. The van der Waals surface area contributed by atoms with Gasteiger partial charge < -0.3 is 0 Å². The summed E-state index contributed by atoms with van der Waals surface area (Å²) in [6.07, 6.45) is 0. The van der Waals surface area contributed by atoms with E-state index in [1.165, 1.54) is 0 Å². The van der Waals surface area contributed by atoms with E-state index in [2.05, 4.69) is 9.97 Å². The molecule has 2 rings (SSSR count). The van der Waals surface area contributed by atoms with Crippen LogP contribution in [0.4, 0.5) is 8.78 Å². The van der Waals surface area contributed by atoms with Gasteiger partial charge in [0.1, 0.15) is 16.8 Å². The number of nitrogens with zero attached hydrogens (tertiary/aromatic N) is 2. The summed E-state index contributed by atoms with van der Waals surface area (Å²) in [4.78, 5) is 7.97. The SMILES string of the molecule is Cc1cc(Cl)nc(-c2cc(F)cc(F)c2)n1. The summed E-state index contributed by atoms with van der Waals surface area (Å²) in [6.45, 7) is 1.73. The molecule has 1 aromatic carbocycles. The standard InChI is InChI=1S/C11H7ClF2N2/c1-6-2-10(12)16-11(15-6)7-3-8(13)5-9(14)4-7/h2-5H,1H3. The Labute approximate surface area is 95.9 Å². The molecule has 0 amide bonds. The van der Waals surface area contributed by atoms with Crippen molar-refractivity contribution in [2.75, 3.05) is 0 Å². The van der Waals surface area contributed by atoms with Crippen molar-refractivity contribution in [3.63, 3.8) is 0 Å². The van der Waals surface area contributed by atoms with Gasteiger partial charge in [-0.2, -0.15) is 0 Å². The van der Waals surface area contributed by atoms with E-state index in [1.807, 2.05) is 0 Å². The molecule has 0 aliphatic rings. The molecule has 0 spiro atoms. The van der Waals surface area contributed by atoms with Gasteiger partial charge in [-0.15, -0.1) is 0 Å². The number of halogens is 3. The fourth-order valence-electron chi connectivity index (χ4n) is 1.34. The first-order chi connectivity index (χ1) is 7.54. The number of rotatable bonds is 1. The molecule has 2 nitrogen and oxygen atoms in total. The van der Waals surface area contributed by atoms with Gasteiger partial charge >= 0.3 is 0 Å². The lowest BCUT2D eigenvalue weighted by atomic mass is 10.2. The lowest BCUT2D eigenvalue weighted by Gasteiger charge is -2.02. The van der Waals surface area contributed by atoms with E-state index in [9.17, 15) is 8.78 Å². The van der Waals surface area contributed by atoms with Gasteiger partial charge in [-0.3, -0.25) is 0 Å². The summed E-state index contributed by atoms with van der Waals surface area (Å²) in [5.74, 6) is -1.13. The second-order valence-electron chi connectivity index (χ2n) is 3.31. The summed E-state index contributed by atoms with van der Waals surface area (Å²) in [5, 5.41) is 0.243. The summed E-state index contributed by atoms with van der Waals surface area (Å²) < 4.78 is 26.0. The normalized spacial score (nSPS) is 10.5. The van der Waals surface area contributed by atoms with Gasteiger partial charge in [0.05, 0.1) is 0 Å². The molecule has 0 saturated heterocycles. The van der Waals surface area contributed by atoms with Crippen molar-refractivity contribution in [1.29, 1.82) is 0 Å². The van der Waals surface area contributed by atoms with Gasteiger partial charge in [-0.1, -0.05) is 11.6 Å². The van der Waals surface area contributed by atoms with Crippen LogP contribution < -0.4 is 0 Å². The molecule has 16 heavy (non-hydrogen) atoms. The van der Waals surface area contributed by atoms with Crippen LogP contribution in [0.1, 0.15) is 5.69 Å². The molecule has 1 heterocycles. The minimum atomic E-state index is -0.670. The zero-order valence-electron chi connectivity index (χ0n) is 8.34. The van der Waals surface area contributed by atoms with Crippen LogP contribution in [0, 0.1) is 18.6 Å². The Hall–Kier alpha value is -1.55. The monoisotopic (exact) mass is 240 g/mol. The summed E-state index contributed by atoms with van der Waals surface area (Å²) in [5.41, 5.74) is 0.905. The highest BCUT2D eigenvalue weighted by atomic mass is 35.5. The van der Waals surface area contributed by atoms with Crippen molar-refractivity contribution in [1.82, 2.24) is 9.97 Å². The fraction of sp³-hybridized carbons (Fsp3) is 0.0909. The van der Waals surface area contributed by atoms with Crippen molar-refractivity contribution >= 4 is 11.6 Å². The van der Waals surface area contributed by atoms with E-state index < -0.39 is 11.6 Å². The highest BCUT2D eigenvalue weighted by Crippen LogP contribution is 2.20. The first-order valence-corrected chi connectivity index (χ1v) is 4.90. The lowest BCUT2D eigenvalue weighted by Crippen LogP contribution is -1.93. The molecule has 0 fully saturated rings. The molecule has 0 bridgehead atoms.